The highest BCUT2D eigenvalue weighted by Gasteiger charge is 2.01. The second-order valence-electron chi connectivity index (χ2n) is 4.40. The number of hydrogen-bond donors (Lipinski definition) is 2. The van der Waals surface area contributed by atoms with Crippen LogP contribution in [0.2, 0.25) is 0 Å². The van der Waals surface area contributed by atoms with E-state index in [1.165, 1.54) is 0 Å². The van der Waals surface area contributed by atoms with E-state index >= 15 is 0 Å². The van der Waals surface area contributed by atoms with Crippen molar-refractivity contribution >= 4 is 41.6 Å². The zero-order valence-electron chi connectivity index (χ0n) is 11.0. The summed E-state index contributed by atoms with van der Waals surface area (Å²) in [5.74, 6) is -0.147. The number of halogens is 1. The minimum Gasteiger partial charge on any atom is -0.478 e. The van der Waals surface area contributed by atoms with Crippen molar-refractivity contribution in [3.63, 3.8) is 0 Å². The number of aromatic nitrogens is 2. The first-order chi connectivity index (χ1) is 9.72. The van der Waals surface area contributed by atoms with Crippen LogP contribution < -0.4 is 0 Å². The SMILES string of the molecule is Cl.O=C(O)c1ccc(/C=C/c2nc3ccccc3[nH]2)cc1. The third-order valence-electron chi connectivity index (χ3n) is 3.00. The van der Waals surface area contributed by atoms with Gasteiger partial charge in [0.2, 0.25) is 0 Å². The average molecular weight is 301 g/mol. The van der Waals surface area contributed by atoms with Gasteiger partial charge in [-0.2, -0.15) is 0 Å². The smallest absolute Gasteiger partial charge is 0.335 e. The molecular formula is C16H13ClN2O2. The van der Waals surface area contributed by atoms with Gasteiger partial charge in [-0.25, -0.2) is 9.78 Å². The molecule has 0 unspecified atom stereocenters. The predicted molar refractivity (Wildman–Crippen MR) is 85.7 cm³/mol. The summed E-state index contributed by atoms with van der Waals surface area (Å²) in [6.07, 6.45) is 3.76. The van der Waals surface area contributed by atoms with Crippen LogP contribution >= 0.6 is 12.4 Å². The van der Waals surface area contributed by atoms with Crippen molar-refractivity contribution in [1.29, 1.82) is 0 Å². The van der Waals surface area contributed by atoms with Crippen LogP contribution in [0.1, 0.15) is 21.7 Å². The van der Waals surface area contributed by atoms with Gasteiger partial charge < -0.3 is 10.1 Å². The van der Waals surface area contributed by atoms with Crippen LogP contribution in [0.3, 0.4) is 0 Å². The Kier molecular flexibility index (Phi) is 4.40. The van der Waals surface area contributed by atoms with Crippen LogP contribution in [0, 0.1) is 0 Å². The highest BCUT2D eigenvalue weighted by atomic mass is 35.5. The first kappa shape index (κ1) is 14.8. The van der Waals surface area contributed by atoms with Gasteiger partial charge in [0.05, 0.1) is 16.6 Å². The molecular weight excluding hydrogens is 288 g/mol. The minimum absolute atomic E-state index is 0. The van der Waals surface area contributed by atoms with Crippen molar-refractivity contribution in [2.75, 3.05) is 0 Å². The Hall–Kier alpha value is -2.59. The molecule has 4 nitrogen and oxygen atoms in total. The summed E-state index contributed by atoms with van der Waals surface area (Å²) < 4.78 is 0. The van der Waals surface area contributed by atoms with Gasteiger partial charge in [0.25, 0.3) is 0 Å². The molecule has 0 aliphatic carbocycles. The molecule has 0 spiro atoms. The maximum Gasteiger partial charge on any atom is 0.335 e. The van der Waals surface area contributed by atoms with E-state index in [4.69, 9.17) is 5.11 Å². The van der Waals surface area contributed by atoms with Gasteiger partial charge in [0, 0.05) is 0 Å². The van der Waals surface area contributed by atoms with E-state index < -0.39 is 5.97 Å². The van der Waals surface area contributed by atoms with Gasteiger partial charge in [-0.3, -0.25) is 0 Å². The van der Waals surface area contributed by atoms with Gasteiger partial charge in [0.15, 0.2) is 0 Å². The minimum atomic E-state index is -0.919. The van der Waals surface area contributed by atoms with Crippen LogP contribution in [0.4, 0.5) is 0 Å². The Morgan fingerprint density at radius 1 is 1.05 bits per heavy atom. The molecule has 0 fully saturated rings. The largest absolute Gasteiger partial charge is 0.478 e. The number of hydrogen-bond acceptors (Lipinski definition) is 2. The summed E-state index contributed by atoms with van der Waals surface area (Å²) in [6, 6.07) is 14.5. The lowest BCUT2D eigenvalue weighted by Crippen LogP contribution is -1.94. The maximum atomic E-state index is 10.8. The molecule has 0 saturated heterocycles. The highest BCUT2D eigenvalue weighted by Crippen LogP contribution is 2.13. The van der Waals surface area contributed by atoms with Gasteiger partial charge >= 0.3 is 5.97 Å². The van der Waals surface area contributed by atoms with Gasteiger partial charge in [-0.1, -0.05) is 30.3 Å². The first-order valence-electron chi connectivity index (χ1n) is 6.18. The molecule has 0 aliphatic rings. The van der Waals surface area contributed by atoms with E-state index in [0.29, 0.717) is 0 Å². The Labute approximate surface area is 127 Å². The number of para-hydroxylation sites is 2. The van der Waals surface area contributed by atoms with E-state index in [1.54, 1.807) is 24.3 Å². The van der Waals surface area contributed by atoms with E-state index in [9.17, 15) is 4.79 Å². The number of H-pyrrole nitrogens is 1. The highest BCUT2D eigenvalue weighted by molar-refractivity contribution is 5.88. The summed E-state index contributed by atoms with van der Waals surface area (Å²) in [7, 11) is 0. The van der Waals surface area contributed by atoms with E-state index in [1.807, 2.05) is 36.4 Å². The molecule has 3 rings (SSSR count). The van der Waals surface area contributed by atoms with Crippen molar-refractivity contribution in [2.45, 2.75) is 0 Å². The number of imidazole rings is 1. The molecule has 106 valence electrons. The van der Waals surface area contributed by atoms with Crippen LogP contribution in [0.5, 0.6) is 0 Å². The Balaban J connectivity index is 0.00000161. The van der Waals surface area contributed by atoms with Crippen molar-refractivity contribution in [3.05, 3.63) is 65.5 Å². The standard InChI is InChI=1S/C16H12N2O2.ClH/c19-16(20)12-8-5-11(6-9-12)7-10-15-17-13-3-1-2-4-14(13)18-15;/h1-10H,(H,17,18)(H,19,20);1H/b10-7+;. The first-order valence-corrected chi connectivity index (χ1v) is 6.18. The van der Waals surface area contributed by atoms with Crippen LogP contribution in [0.15, 0.2) is 48.5 Å². The molecule has 0 aliphatic heterocycles. The van der Waals surface area contributed by atoms with Crippen LogP contribution in [-0.2, 0) is 0 Å². The third kappa shape index (κ3) is 3.30. The lowest BCUT2D eigenvalue weighted by molar-refractivity contribution is 0.0697. The normalized spacial score (nSPS) is 10.7. The molecule has 0 amide bonds. The molecule has 1 aromatic heterocycles. The molecule has 0 radical (unpaired) electrons. The van der Waals surface area contributed by atoms with Crippen molar-refractivity contribution in [1.82, 2.24) is 9.97 Å². The molecule has 3 aromatic rings. The van der Waals surface area contributed by atoms with Crippen molar-refractivity contribution in [3.8, 4) is 0 Å². The lowest BCUT2D eigenvalue weighted by Gasteiger charge is -1.95. The zero-order valence-corrected chi connectivity index (χ0v) is 11.8. The summed E-state index contributed by atoms with van der Waals surface area (Å²) in [5, 5.41) is 8.83. The molecule has 2 N–H and O–H groups in total. The molecule has 21 heavy (non-hydrogen) atoms. The second-order valence-corrected chi connectivity index (χ2v) is 4.40. The van der Waals surface area contributed by atoms with Gasteiger partial charge in [-0.15, -0.1) is 12.4 Å². The number of carbonyl (C=O) groups is 1. The molecule has 0 saturated carbocycles. The molecule has 1 heterocycles. The Bertz CT molecular complexity index is 758. The molecule has 0 atom stereocenters. The number of fused-ring (bicyclic) bond motifs is 1. The number of aromatic amines is 1. The number of benzene rings is 2. The number of aromatic carboxylic acids is 1. The molecule has 0 bridgehead atoms. The third-order valence-corrected chi connectivity index (χ3v) is 3.00. The van der Waals surface area contributed by atoms with E-state index in [2.05, 4.69) is 9.97 Å². The van der Waals surface area contributed by atoms with E-state index in [0.717, 1.165) is 22.4 Å². The molecule has 5 heteroatoms. The van der Waals surface area contributed by atoms with Gasteiger partial charge in [0.1, 0.15) is 5.82 Å². The fourth-order valence-corrected chi connectivity index (χ4v) is 1.96. The summed E-state index contributed by atoms with van der Waals surface area (Å²) in [6.45, 7) is 0. The fraction of sp³-hybridized carbons (Fsp3) is 0. The number of nitrogens with zero attached hydrogens (tertiary/aromatic N) is 1. The number of carboxylic acid groups (broad SMARTS) is 1. The zero-order chi connectivity index (χ0) is 13.9. The van der Waals surface area contributed by atoms with Crippen LogP contribution in [-0.4, -0.2) is 21.0 Å². The quantitative estimate of drug-likeness (QED) is 0.772. The number of rotatable bonds is 3. The summed E-state index contributed by atoms with van der Waals surface area (Å²) >= 11 is 0. The lowest BCUT2D eigenvalue weighted by atomic mass is 10.1. The average Bonchev–Trinajstić information content (AvgIpc) is 2.88. The summed E-state index contributed by atoms with van der Waals surface area (Å²) in [5.41, 5.74) is 3.13. The maximum absolute atomic E-state index is 10.8. The fourth-order valence-electron chi connectivity index (χ4n) is 1.96. The second kappa shape index (κ2) is 6.24. The van der Waals surface area contributed by atoms with Crippen LogP contribution in [0.25, 0.3) is 23.2 Å². The van der Waals surface area contributed by atoms with Crippen molar-refractivity contribution < 1.29 is 9.90 Å². The number of nitrogens with one attached hydrogen (secondary N) is 1. The van der Waals surface area contributed by atoms with Gasteiger partial charge in [-0.05, 0) is 35.9 Å². The predicted octanol–water partition coefficient (Wildman–Crippen LogP) is 3.85. The molecule has 2 aromatic carbocycles. The van der Waals surface area contributed by atoms with E-state index in [-0.39, 0.29) is 18.0 Å². The topological polar surface area (TPSA) is 66.0 Å². The summed E-state index contributed by atoms with van der Waals surface area (Å²) in [4.78, 5) is 18.4. The van der Waals surface area contributed by atoms with Crippen molar-refractivity contribution in [2.24, 2.45) is 0 Å². The monoisotopic (exact) mass is 300 g/mol. The Morgan fingerprint density at radius 3 is 2.43 bits per heavy atom. The number of carboxylic acids is 1. The Morgan fingerprint density at radius 2 is 1.76 bits per heavy atom.